The van der Waals surface area contributed by atoms with Gasteiger partial charge in [0.05, 0.1) is 6.04 Å². The van der Waals surface area contributed by atoms with Crippen LogP contribution in [0.3, 0.4) is 0 Å². The number of rotatable bonds is 3. The van der Waals surface area contributed by atoms with Gasteiger partial charge in [-0.2, -0.15) is 13.2 Å². The Bertz CT molecular complexity index is 299. The van der Waals surface area contributed by atoms with E-state index < -0.39 is 17.8 Å². The van der Waals surface area contributed by atoms with E-state index in [-0.39, 0.29) is 31.8 Å². The van der Waals surface area contributed by atoms with Crippen molar-refractivity contribution in [3.05, 3.63) is 0 Å². The Morgan fingerprint density at radius 2 is 1.94 bits per heavy atom. The van der Waals surface area contributed by atoms with Crippen LogP contribution in [0.1, 0.15) is 26.7 Å². The molecule has 106 valence electrons. The van der Waals surface area contributed by atoms with Gasteiger partial charge in [-0.25, -0.2) is 0 Å². The molecule has 1 aliphatic rings. The van der Waals surface area contributed by atoms with Gasteiger partial charge in [0.1, 0.15) is 0 Å². The summed E-state index contributed by atoms with van der Waals surface area (Å²) >= 11 is 0. The summed E-state index contributed by atoms with van der Waals surface area (Å²) in [7, 11) is 0. The van der Waals surface area contributed by atoms with Gasteiger partial charge in [-0.05, 0) is 26.7 Å². The summed E-state index contributed by atoms with van der Waals surface area (Å²) in [6.07, 6.45) is -5.38. The van der Waals surface area contributed by atoms with Gasteiger partial charge in [-0.3, -0.25) is 9.69 Å². The molecule has 1 atom stereocenters. The number of nitrogens with zero attached hydrogens (tertiary/aromatic N) is 1. The van der Waals surface area contributed by atoms with Crippen molar-refractivity contribution < 1.29 is 23.1 Å². The third kappa shape index (κ3) is 3.14. The van der Waals surface area contributed by atoms with Crippen LogP contribution in [0, 0.1) is 0 Å². The fourth-order valence-electron chi connectivity index (χ4n) is 2.05. The lowest BCUT2D eigenvalue weighted by Crippen LogP contribution is -2.56. The highest BCUT2D eigenvalue weighted by molar-refractivity contribution is 5.81. The van der Waals surface area contributed by atoms with Gasteiger partial charge in [0.15, 0.2) is 5.60 Å². The van der Waals surface area contributed by atoms with Gasteiger partial charge < -0.3 is 10.4 Å². The summed E-state index contributed by atoms with van der Waals surface area (Å²) in [6.45, 7) is 4.05. The number of carbonyl (C=O) groups excluding carboxylic acids is 1. The monoisotopic (exact) mass is 268 g/mol. The first-order valence-electron chi connectivity index (χ1n) is 6.02. The van der Waals surface area contributed by atoms with Crippen LogP contribution in [-0.4, -0.2) is 53.4 Å². The van der Waals surface area contributed by atoms with Crippen molar-refractivity contribution >= 4 is 5.91 Å². The minimum Gasteiger partial charge on any atom is -0.380 e. The predicted octanol–water partition coefficient (Wildman–Crippen LogP) is 0.900. The van der Waals surface area contributed by atoms with Crippen molar-refractivity contribution in [3.63, 3.8) is 0 Å². The number of halogens is 3. The lowest BCUT2D eigenvalue weighted by atomic mass is 9.90. The second-order valence-electron chi connectivity index (χ2n) is 4.64. The van der Waals surface area contributed by atoms with Crippen LogP contribution in [-0.2, 0) is 4.79 Å². The lowest BCUT2D eigenvalue weighted by Gasteiger charge is -2.40. The highest BCUT2D eigenvalue weighted by Crippen LogP contribution is 2.38. The number of nitrogens with one attached hydrogen (secondary N) is 1. The first kappa shape index (κ1) is 15.2. The van der Waals surface area contributed by atoms with Gasteiger partial charge in [-0.1, -0.05) is 0 Å². The van der Waals surface area contributed by atoms with Crippen LogP contribution in [0.2, 0.25) is 0 Å². The van der Waals surface area contributed by atoms with Crippen LogP contribution in [0.15, 0.2) is 0 Å². The van der Waals surface area contributed by atoms with Crippen LogP contribution < -0.4 is 5.32 Å². The molecular weight excluding hydrogens is 249 g/mol. The number of alkyl halides is 3. The summed E-state index contributed by atoms with van der Waals surface area (Å²) in [6, 6.07) is -0.470. The molecular formula is C11H19F3N2O2. The molecule has 0 aromatic heterocycles. The minimum absolute atomic E-state index is 0.0638. The zero-order valence-electron chi connectivity index (χ0n) is 10.5. The largest absolute Gasteiger partial charge is 0.417 e. The first-order valence-corrected chi connectivity index (χ1v) is 6.02. The van der Waals surface area contributed by atoms with Gasteiger partial charge in [-0.15, -0.1) is 0 Å². The van der Waals surface area contributed by atoms with Gasteiger partial charge >= 0.3 is 6.18 Å². The quantitative estimate of drug-likeness (QED) is 0.799. The Balaban J connectivity index is 2.56. The number of likely N-dealkylation sites (N-methyl/N-ethyl adjacent to an activating group) is 1. The highest BCUT2D eigenvalue weighted by Gasteiger charge is 2.54. The molecule has 1 saturated heterocycles. The molecule has 0 aromatic carbocycles. The Hall–Kier alpha value is -0.820. The second-order valence-corrected chi connectivity index (χ2v) is 4.64. The number of likely N-dealkylation sites (tertiary alicyclic amines) is 1. The molecule has 1 amide bonds. The average Bonchev–Trinajstić information content (AvgIpc) is 2.28. The van der Waals surface area contributed by atoms with Crippen LogP contribution in [0.5, 0.6) is 0 Å². The molecule has 0 bridgehead atoms. The molecule has 1 unspecified atom stereocenters. The van der Waals surface area contributed by atoms with E-state index in [0.29, 0.717) is 6.54 Å². The molecule has 2 N–H and O–H groups in total. The predicted molar refractivity (Wildman–Crippen MR) is 60.0 cm³/mol. The molecule has 1 heterocycles. The summed E-state index contributed by atoms with van der Waals surface area (Å²) < 4.78 is 37.8. The fourth-order valence-corrected chi connectivity index (χ4v) is 2.05. The maximum Gasteiger partial charge on any atom is 0.417 e. The molecule has 0 radical (unpaired) electrons. The zero-order valence-corrected chi connectivity index (χ0v) is 10.5. The van der Waals surface area contributed by atoms with Crippen molar-refractivity contribution in [2.24, 2.45) is 0 Å². The molecule has 0 spiro atoms. The van der Waals surface area contributed by atoms with E-state index in [9.17, 15) is 23.1 Å². The number of carbonyl (C=O) groups is 1. The molecule has 1 rings (SSSR count). The molecule has 1 aliphatic heterocycles. The lowest BCUT2D eigenvalue weighted by molar-refractivity contribution is -0.273. The number of hydrogen-bond acceptors (Lipinski definition) is 3. The molecule has 0 saturated carbocycles. The number of amides is 1. The van der Waals surface area contributed by atoms with Crippen molar-refractivity contribution in [2.45, 2.75) is 44.5 Å². The smallest absolute Gasteiger partial charge is 0.380 e. The van der Waals surface area contributed by atoms with Crippen LogP contribution >= 0.6 is 0 Å². The van der Waals surface area contributed by atoms with E-state index in [4.69, 9.17) is 0 Å². The second kappa shape index (κ2) is 5.44. The molecule has 0 aliphatic carbocycles. The topological polar surface area (TPSA) is 52.6 Å². The van der Waals surface area contributed by atoms with Crippen molar-refractivity contribution in [2.75, 3.05) is 19.6 Å². The van der Waals surface area contributed by atoms with E-state index in [2.05, 4.69) is 5.32 Å². The standard InChI is InChI=1S/C11H19F3N2O2/c1-3-15-9(17)8(2)16-6-4-10(18,5-7-16)11(12,13)14/h8,18H,3-7H2,1-2H3,(H,15,17). The van der Waals surface area contributed by atoms with E-state index in [1.165, 1.54) is 0 Å². The van der Waals surface area contributed by atoms with Crippen molar-refractivity contribution in [1.29, 1.82) is 0 Å². The highest BCUT2D eigenvalue weighted by atomic mass is 19.4. The minimum atomic E-state index is -4.60. The van der Waals surface area contributed by atoms with Crippen LogP contribution in [0.4, 0.5) is 13.2 Å². The Morgan fingerprint density at radius 3 is 2.33 bits per heavy atom. The molecule has 1 fully saturated rings. The maximum atomic E-state index is 12.6. The Labute approximate surface area is 104 Å². The number of aliphatic hydroxyl groups is 1. The maximum absolute atomic E-state index is 12.6. The Kier molecular flexibility index (Phi) is 4.61. The molecule has 7 heteroatoms. The summed E-state index contributed by atoms with van der Waals surface area (Å²) in [5, 5.41) is 12.1. The van der Waals surface area contributed by atoms with Gasteiger partial charge in [0.25, 0.3) is 0 Å². The van der Waals surface area contributed by atoms with Crippen molar-refractivity contribution in [1.82, 2.24) is 10.2 Å². The number of piperidine rings is 1. The van der Waals surface area contributed by atoms with E-state index in [0.717, 1.165) is 0 Å². The third-order valence-corrected chi connectivity index (χ3v) is 3.43. The summed E-state index contributed by atoms with van der Waals surface area (Å²) in [4.78, 5) is 13.2. The normalized spacial score (nSPS) is 22.6. The van der Waals surface area contributed by atoms with E-state index in [1.807, 2.05) is 0 Å². The summed E-state index contributed by atoms with van der Waals surface area (Å²) in [5.74, 6) is -0.199. The molecule has 4 nitrogen and oxygen atoms in total. The first-order chi connectivity index (χ1) is 8.21. The van der Waals surface area contributed by atoms with Gasteiger partial charge in [0, 0.05) is 19.6 Å². The fraction of sp³-hybridized carbons (Fsp3) is 0.909. The molecule has 0 aromatic rings. The SMILES string of the molecule is CCNC(=O)C(C)N1CCC(O)(C(F)(F)F)CC1. The summed E-state index contributed by atoms with van der Waals surface area (Å²) in [5.41, 5.74) is -2.61. The Morgan fingerprint density at radius 1 is 1.44 bits per heavy atom. The molecule has 18 heavy (non-hydrogen) atoms. The third-order valence-electron chi connectivity index (χ3n) is 3.43. The van der Waals surface area contributed by atoms with Crippen molar-refractivity contribution in [3.8, 4) is 0 Å². The van der Waals surface area contributed by atoms with Gasteiger partial charge in [0.2, 0.25) is 5.91 Å². The number of hydrogen-bond donors (Lipinski definition) is 2. The van der Waals surface area contributed by atoms with E-state index >= 15 is 0 Å². The van der Waals surface area contributed by atoms with E-state index in [1.54, 1.807) is 18.7 Å². The zero-order chi connectivity index (χ0) is 14.0. The average molecular weight is 268 g/mol. The van der Waals surface area contributed by atoms with Crippen LogP contribution in [0.25, 0.3) is 0 Å².